The summed E-state index contributed by atoms with van der Waals surface area (Å²) >= 11 is 0. The molecule has 0 fully saturated rings. The van der Waals surface area contributed by atoms with Crippen LogP contribution in [-0.2, 0) is 0 Å². The normalized spacial score (nSPS) is 11.2. The zero-order valence-electron chi connectivity index (χ0n) is 11.9. The van der Waals surface area contributed by atoms with Gasteiger partial charge in [0.05, 0.1) is 0 Å². The van der Waals surface area contributed by atoms with Crippen LogP contribution < -0.4 is 11.1 Å². The molecule has 0 spiro atoms. The first-order valence-electron chi connectivity index (χ1n) is 6.37. The SMILES string of the molecule is CC(C)N(C)CCNc1nc(N)nc(-n2cncn2)n1. The van der Waals surface area contributed by atoms with E-state index in [9.17, 15) is 0 Å². The summed E-state index contributed by atoms with van der Waals surface area (Å²) in [7, 11) is 2.06. The molecule has 20 heavy (non-hydrogen) atoms. The lowest BCUT2D eigenvalue weighted by molar-refractivity contribution is 0.284. The van der Waals surface area contributed by atoms with Gasteiger partial charge in [-0.25, -0.2) is 4.98 Å². The van der Waals surface area contributed by atoms with Gasteiger partial charge in [-0.05, 0) is 20.9 Å². The first-order chi connectivity index (χ1) is 9.56. The molecule has 9 nitrogen and oxygen atoms in total. The monoisotopic (exact) mass is 277 g/mol. The van der Waals surface area contributed by atoms with E-state index in [2.05, 4.69) is 56.1 Å². The molecular formula is C11H19N9. The van der Waals surface area contributed by atoms with Gasteiger partial charge in [0, 0.05) is 19.1 Å². The van der Waals surface area contributed by atoms with Crippen LogP contribution in [0.5, 0.6) is 0 Å². The zero-order chi connectivity index (χ0) is 14.5. The van der Waals surface area contributed by atoms with Crippen molar-refractivity contribution < 1.29 is 0 Å². The minimum atomic E-state index is 0.144. The van der Waals surface area contributed by atoms with Gasteiger partial charge in [-0.15, -0.1) is 0 Å². The molecule has 2 rings (SSSR count). The molecule has 0 radical (unpaired) electrons. The van der Waals surface area contributed by atoms with Gasteiger partial charge in [0.2, 0.25) is 11.9 Å². The minimum absolute atomic E-state index is 0.144. The lowest BCUT2D eigenvalue weighted by Crippen LogP contribution is -2.31. The topological polar surface area (TPSA) is 111 Å². The number of nitrogens with one attached hydrogen (secondary N) is 1. The van der Waals surface area contributed by atoms with Crippen molar-refractivity contribution in [3.05, 3.63) is 12.7 Å². The summed E-state index contributed by atoms with van der Waals surface area (Å²) in [5.74, 6) is 0.917. The van der Waals surface area contributed by atoms with Crippen molar-refractivity contribution in [3.8, 4) is 5.95 Å². The number of nitrogen functional groups attached to an aromatic ring is 1. The first-order valence-corrected chi connectivity index (χ1v) is 6.37. The molecule has 0 bridgehead atoms. The van der Waals surface area contributed by atoms with Crippen LogP contribution in [0.4, 0.5) is 11.9 Å². The Morgan fingerprint density at radius 2 is 2.15 bits per heavy atom. The van der Waals surface area contributed by atoms with Gasteiger partial charge < -0.3 is 16.0 Å². The van der Waals surface area contributed by atoms with E-state index in [0.29, 0.717) is 17.9 Å². The minimum Gasteiger partial charge on any atom is -0.368 e. The van der Waals surface area contributed by atoms with E-state index in [1.165, 1.54) is 17.3 Å². The maximum atomic E-state index is 5.67. The van der Waals surface area contributed by atoms with E-state index in [4.69, 9.17) is 5.73 Å². The number of hydrogen-bond acceptors (Lipinski definition) is 8. The predicted molar refractivity (Wildman–Crippen MR) is 75.4 cm³/mol. The lowest BCUT2D eigenvalue weighted by Gasteiger charge is -2.20. The molecule has 2 heterocycles. The third-order valence-corrected chi connectivity index (χ3v) is 2.89. The van der Waals surface area contributed by atoms with E-state index in [-0.39, 0.29) is 5.95 Å². The van der Waals surface area contributed by atoms with Crippen LogP contribution in [0, 0.1) is 0 Å². The second kappa shape index (κ2) is 6.24. The Morgan fingerprint density at radius 3 is 2.80 bits per heavy atom. The molecule has 2 aromatic rings. The van der Waals surface area contributed by atoms with Crippen LogP contribution in [-0.4, -0.2) is 60.8 Å². The predicted octanol–water partition coefficient (Wildman–Crippen LogP) is -0.213. The van der Waals surface area contributed by atoms with Gasteiger partial charge in [0.15, 0.2) is 0 Å². The largest absolute Gasteiger partial charge is 0.368 e. The second-order valence-electron chi connectivity index (χ2n) is 4.66. The van der Waals surface area contributed by atoms with E-state index in [1.807, 2.05) is 0 Å². The number of aromatic nitrogens is 6. The van der Waals surface area contributed by atoms with Crippen molar-refractivity contribution in [2.75, 3.05) is 31.2 Å². The highest BCUT2D eigenvalue weighted by Gasteiger charge is 2.07. The molecule has 0 saturated heterocycles. The Balaban J connectivity index is 2.02. The van der Waals surface area contributed by atoms with Crippen molar-refractivity contribution >= 4 is 11.9 Å². The maximum Gasteiger partial charge on any atom is 0.258 e. The average Bonchev–Trinajstić information content (AvgIpc) is 2.91. The van der Waals surface area contributed by atoms with E-state index in [0.717, 1.165) is 13.1 Å². The van der Waals surface area contributed by atoms with Gasteiger partial charge >= 0.3 is 0 Å². The molecule has 0 unspecified atom stereocenters. The summed E-state index contributed by atoms with van der Waals surface area (Å²) < 4.78 is 1.43. The van der Waals surface area contributed by atoms with Crippen molar-refractivity contribution in [3.63, 3.8) is 0 Å². The van der Waals surface area contributed by atoms with Gasteiger partial charge in [-0.2, -0.15) is 24.7 Å². The molecule has 3 N–H and O–H groups in total. The van der Waals surface area contributed by atoms with Crippen LogP contribution in [0.2, 0.25) is 0 Å². The highest BCUT2D eigenvalue weighted by molar-refractivity contribution is 5.34. The molecular weight excluding hydrogens is 258 g/mol. The van der Waals surface area contributed by atoms with Crippen molar-refractivity contribution in [2.45, 2.75) is 19.9 Å². The summed E-state index contributed by atoms with van der Waals surface area (Å²) in [6.07, 6.45) is 2.91. The Kier molecular flexibility index (Phi) is 4.41. The number of nitrogens with zero attached hydrogens (tertiary/aromatic N) is 7. The molecule has 0 aliphatic heterocycles. The Bertz CT molecular complexity index is 537. The molecule has 2 aromatic heterocycles. The standard InChI is InChI=1S/C11H19N9/c1-8(2)19(3)5-4-14-10-16-9(12)17-11(18-10)20-7-13-6-15-20/h6-8H,4-5H2,1-3H3,(H3,12,14,16,17,18). The van der Waals surface area contributed by atoms with Crippen molar-refractivity contribution in [2.24, 2.45) is 0 Å². The molecule has 0 amide bonds. The van der Waals surface area contributed by atoms with Gasteiger partial charge in [0.1, 0.15) is 12.7 Å². The Morgan fingerprint density at radius 1 is 1.35 bits per heavy atom. The lowest BCUT2D eigenvalue weighted by atomic mass is 10.3. The third kappa shape index (κ3) is 3.60. The highest BCUT2D eigenvalue weighted by atomic mass is 15.4. The molecule has 0 aliphatic rings. The number of rotatable bonds is 6. The highest BCUT2D eigenvalue weighted by Crippen LogP contribution is 2.05. The summed E-state index contributed by atoms with van der Waals surface area (Å²) in [6.45, 7) is 5.88. The summed E-state index contributed by atoms with van der Waals surface area (Å²) in [5, 5.41) is 7.09. The summed E-state index contributed by atoms with van der Waals surface area (Å²) in [6, 6.07) is 0.492. The molecule has 0 aromatic carbocycles. The van der Waals surface area contributed by atoms with Crippen LogP contribution in [0.1, 0.15) is 13.8 Å². The van der Waals surface area contributed by atoms with Crippen LogP contribution in [0.15, 0.2) is 12.7 Å². The fraction of sp³-hybridized carbons (Fsp3) is 0.545. The van der Waals surface area contributed by atoms with Crippen molar-refractivity contribution in [1.82, 2.24) is 34.6 Å². The van der Waals surface area contributed by atoms with Crippen LogP contribution >= 0.6 is 0 Å². The van der Waals surface area contributed by atoms with Crippen molar-refractivity contribution in [1.29, 1.82) is 0 Å². The van der Waals surface area contributed by atoms with Gasteiger partial charge in [0.25, 0.3) is 5.95 Å². The molecule has 0 aliphatic carbocycles. The maximum absolute atomic E-state index is 5.67. The molecule has 0 atom stereocenters. The third-order valence-electron chi connectivity index (χ3n) is 2.89. The number of hydrogen-bond donors (Lipinski definition) is 2. The summed E-state index contributed by atoms with van der Waals surface area (Å²) in [5.41, 5.74) is 5.67. The average molecular weight is 277 g/mol. The quantitative estimate of drug-likeness (QED) is 0.746. The molecule has 108 valence electrons. The van der Waals surface area contributed by atoms with Crippen LogP contribution in [0.25, 0.3) is 5.95 Å². The smallest absolute Gasteiger partial charge is 0.258 e. The number of anilines is 2. The Hall–Kier alpha value is -2.29. The summed E-state index contributed by atoms with van der Waals surface area (Å²) in [4.78, 5) is 18.4. The van der Waals surface area contributed by atoms with Crippen LogP contribution in [0.3, 0.4) is 0 Å². The fourth-order valence-corrected chi connectivity index (χ4v) is 1.48. The first kappa shape index (κ1) is 14.1. The fourth-order valence-electron chi connectivity index (χ4n) is 1.48. The second-order valence-corrected chi connectivity index (χ2v) is 4.66. The van der Waals surface area contributed by atoms with Gasteiger partial charge in [-0.1, -0.05) is 0 Å². The van der Waals surface area contributed by atoms with Gasteiger partial charge in [-0.3, -0.25) is 0 Å². The Labute approximate surface area is 117 Å². The van der Waals surface area contributed by atoms with E-state index in [1.54, 1.807) is 0 Å². The number of nitrogens with two attached hydrogens (primary N) is 1. The van der Waals surface area contributed by atoms with E-state index >= 15 is 0 Å². The number of likely N-dealkylation sites (N-methyl/N-ethyl adjacent to an activating group) is 1. The molecule has 9 heteroatoms. The van der Waals surface area contributed by atoms with E-state index < -0.39 is 0 Å². The molecule has 0 saturated carbocycles. The zero-order valence-corrected chi connectivity index (χ0v) is 11.9.